The molecule has 0 radical (unpaired) electrons. The molecule has 0 spiro atoms. The number of rotatable bonds is 4. The number of nitrogens with zero attached hydrogens (tertiary/aromatic N) is 4. The van der Waals surface area contributed by atoms with Crippen LogP contribution >= 0.6 is 0 Å². The molecule has 1 atom stereocenters. The molecule has 0 N–H and O–H groups in total. The third-order valence-corrected chi connectivity index (χ3v) is 3.21. The van der Waals surface area contributed by atoms with Crippen LogP contribution in [-0.4, -0.2) is 27.8 Å². The van der Waals surface area contributed by atoms with E-state index in [1.807, 2.05) is 17.9 Å². The standard InChI is InChI=1S/C12H18N4/c1-15-10-11(9-14-15)12-5-4-8-16(12)7-3-2-6-13/h9-10,12H,2-5,7-8H2,1H3/t12-/m0/s1. The topological polar surface area (TPSA) is 44.9 Å². The summed E-state index contributed by atoms with van der Waals surface area (Å²) in [7, 11) is 1.96. The first-order valence-electron chi connectivity index (χ1n) is 5.91. The summed E-state index contributed by atoms with van der Waals surface area (Å²) in [5, 5.41) is 12.8. The molecule has 0 aliphatic carbocycles. The Morgan fingerprint density at radius 3 is 3.19 bits per heavy atom. The molecule has 1 fully saturated rings. The summed E-state index contributed by atoms with van der Waals surface area (Å²) in [4.78, 5) is 2.48. The van der Waals surface area contributed by atoms with Gasteiger partial charge in [0.15, 0.2) is 0 Å². The summed E-state index contributed by atoms with van der Waals surface area (Å²) in [6.45, 7) is 2.19. The second-order valence-electron chi connectivity index (χ2n) is 4.40. The molecule has 1 aromatic rings. The lowest BCUT2D eigenvalue weighted by atomic mass is 10.1. The lowest BCUT2D eigenvalue weighted by Crippen LogP contribution is -2.24. The molecule has 2 heterocycles. The van der Waals surface area contributed by atoms with Crippen molar-refractivity contribution in [1.82, 2.24) is 14.7 Å². The van der Waals surface area contributed by atoms with E-state index in [2.05, 4.69) is 22.3 Å². The Kier molecular flexibility index (Phi) is 3.58. The normalized spacial score (nSPS) is 21.1. The first kappa shape index (κ1) is 11.2. The van der Waals surface area contributed by atoms with Gasteiger partial charge in [-0.15, -0.1) is 0 Å². The van der Waals surface area contributed by atoms with Crippen LogP contribution in [0.4, 0.5) is 0 Å². The summed E-state index contributed by atoms with van der Waals surface area (Å²) in [5.41, 5.74) is 1.32. The third-order valence-electron chi connectivity index (χ3n) is 3.21. The van der Waals surface area contributed by atoms with E-state index in [9.17, 15) is 0 Å². The summed E-state index contributed by atoms with van der Waals surface area (Å²) >= 11 is 0. The molecule has 4 nitrogen and oxygen atoms in total. The first-order valence-corrected chi connectivity index (χ1v) is 5.91. The zero-order chi connectivity index (χ0) is 11.4. The van der Waals surface area contributed by atoms with Crippen LogP contribution < -0.4 is 0 Å². The van der Waals surface area contributed by atoms with Gasteiger partial charge in [-0.05, 0) is 32.4 Å². The molecule has 4 heteroatoms. The Labute approximate surface area is 96.5 Å². The molecule has 1 aliphatic rings. The highest BCUT2D eigenvalue weighted by atomic mass is 15.3. The van der Waals surface area contributed by atoms with E-state index in [-0.39, 0.29) is 0 Å². The van der Waals surface area contributed by atoms with Crippen LogP contribution in [0, 0.1) is 11.3 Å². The average molecular weight is 218 g/mol. The summed E-state index contributed by atoms with van der Waals surface area (Å²) in [5.74, 6) is 0. The fraction of sp³-hybridized carbons (Fsp3) is 0.667. The zero-order valence-corrected chi connectivity index (χ0v) is 9.76. The van der Waals surface area contributed by atoms with E-state index in [1.54, 1.807) is 0 Å². The van der Waals surface area contributed by atoms with Gasteiger partial charge >= 0.3 is 0 Å². The van der Waals surface area contributed by atoms with Gasteiger partial charge in [-0.2, -0.15) is 10.4 Å². The Morgan fingerprint density at radius 1 is 1.62 bits per heavy atom. The number of likely N-dealkylation sites (tertiary alicyclic amines) is 1. The van der Waals surface area contributed by atoms with Crippen molar-refractivity contribution in [2.45, 2.75) is 31.7 Å². The number of unbranched alkanes of at least 4 members (excludes halogenated alkanes) is 1. The first-order chi connectivity index (χ1) is 7.81. The molecular weight excluding hydrogens is 200 g/mol. The maximum absolute atomic E-state index is 8.54. The molecule has 86 valence electrons. The molecule has 0 bridgehead atoms. The second-order valence-corrected chi connectivity index (χ2v) is 4.40. The van der Waals surface area contributed by atoms with Gasteiger partial charge in [-0.1, -0.05) is 0 Å². The highest BCUT2D eigenvalue weighted by molar-refractivity contribution is 5.12. The minimum Gasteiger partial charge on any atom is -0.296 e. The highest BCUT2D eigenvalue weighted by Crippen LogP contribution is 2.31. The average Bonchev–Trinajstić information content (AvgIpc) is 2.87. The van der Waals surface area contributed by atoms with Crippen LogP contribution in [0.15, 0.2) is 12.4 Å². The largest absolute Gasteiger partial charge is 0.296 e. The van der Waals surface area contributed by atoms with Crippen LogP contribution in [-0.2, 0) is 7.05 Å². The quantitative estimate of drug-likeness (QED) is 0.725. The van der Waals surface area contributed by atoms with Crippen molar-refractivity contribution in [3.63, 3.8) is 0 Å². The fourth-order valence-electron chi connectivity index (χ4n) is 2.44. The number of hydrogen-bond donors (Lipinski definition) is 0. The van der Waals surface area contributed by atoms with Crippen molar-refractivity contribution in [3.8, 4) is 6.07 Å². The Hall–Kier alpha value is -1.34. The Bertz CT molecular complexity index is 377. The Morgan fingerprint density at radius 2 is 2.50 bits per heavy atom. The van der Waals surface area contributed by atoms with Crippen molar-refractivity contribution in [3.05, 3.63) is 18.0 Å². The van der Waals surface area contributed by atoms with E-state index in [0.717, 1.165) is 19.5 Å². The van der Waals surface area contributed by atoms with Crippen molar-refractivity contribution in [2.75, 3.05) is 13.1 Å². The van der Waals surface area contributed by atoms with Gasteiger partial charge in [-0.25, -0.2) is 0 Å². The van der Waals surface area contributed by atoms with Gasteiger partial charge in [-0.3, -0.25) is 9.58 Å². The number of aryl methyl sites for hydroxylation is 1. The number of hydrogen-bond acceptors (Lipinski definition) is 3. The third kappa shape index (κ3) is 2.42. The summed E-state index contributed by atoms with van der Waals surface area (Å²) in [6, 6.07) is 2.73. The highest BCUT2D eigenvalue weighted by Gasteiger charge is 2.26. The molecule has 0 saturated carbocycles. The Balaban J connectivity index is 1.96. The van der Waals surface area contributed by atoms with E-state index >= 15 is 0 Å². The predicted molar refractivity (Wildman–Crippen MR) is 61.6 cm³/mol. The van der Waals surface area contributed by atoms with Gasteiger partial charge < -0.3 is 0 Å². The van der Waals surface area contributed by atoms with Gasteiger partial charge in [0.05, 0.1) is 12.3 Å². The molecule has 16 heavy (non-hydrogen) atoms. The van der Waals surface area contributed by atoms with Crippen molar-refractivity contribution >= 4 is 0 Å². The van der Waals surface area contributed by atoms with E-state index in [4.69, 9.17) is 5.26 Å². The predicted octanol–water partition coefficient (Wildman–Crippen LogP) is 1.86. The van der Waals surface area contributed by atoms with Crippen molar-refractivity contribution < 1.29 is 0 Å². The number of nitriles is 1. The molecule has 0 amide bonds. The molecule has 1 aromatic heterocycles. The molecule has 0 aromatic carbocycles. The minimum atomic E-state index is 0.521. The smallest absolute Gasteiger partial charge is 0.0622 e. The van der Waals surface area contributed by atoms with E-state index in [0.29, 0.717) is 12.5 Å². The van der Waals surface area contributed by atoms with Crippen LogP contribution in [0.1, 0.15) is 37.3 Å². The summed E-state index contributed by atoms with van der Waals surface area (Å²) in [6.07, 6.45) is 8.19. The van der Waals surface area contributed by atoms with Gasteiger partial charge in [0, 0.05) is 31.3 Å². The summed E-state index contributed by atoms with van der Waals surface area (Å²) < 4.78 is 1.86. The van der Waals surface area contributed by atoms with Crippen LogP contribution in [0.5, 0.6) is 0 Å². The zero-order valence-electron chi connectivity index (χ0n) is 9.76. The minimum absolute atomic E-state index is 0.521. The maximum atomic E-state index is 8.54. The lowest BCUT2D eigenvalue weighted by Gasteiger charge is -2.22. The SMILES string of the molecule is Cn1cc([C@@H]2CCCN2CCCC#N)cn1. The van der Waals surface area contributed by atoms with Crippen molar-refractivity contribution in [2.24, 2.45) is 7.05 Å². The van der Waals surface area contributed by atoms with Gasteiger partial charge in [0.2, 0.25) is 0 Å². The van der Waals surface area contributed by atoms with E-state index < -0.39 is 0 Å². The molecule has 1 aliphatic heterocycles. The molecule has 0 unspecified atom stereocenters. The fourth-order valence-corrected chi connectivity index (χ4v) is 2.44. The van der Waals surface area contributed by atoms with Gasteiger partial charge in [0.25, 0.3) is 0 Å². The number of aromatic nitrogens is 2. The lowest BCUT2D eigenvalue weighted by molar-refractivity contribution is 0.255. The van der Waals surface area contributed by atoms with E-state index in [1.165, 1.54) is 18.4 Å². The second kappa shape index (κ2) is 5.13. The molecule has 1 saturated heterocycles. The monoisotopic (exact) mass is 218 g/mol. The van der Waals surface area contributed by atoms with Gasteiger partial charge in [0.1, 0.15) is 0 Å². The molecular formula is C12H18N4. The maximum Gasteiger partial charge on any atom is 0.0622 e. The molecule has 2 rings (SSSR count). The van der Waals surface area contributed by atoms with Crippen LogP contribution in [0.3, 0.4) is 0 Å². The van der Waals surface area contributed by atoms with Crippen molar-refractivity contribution in [1.29, 1.82) is 5.26 Å². The van der Waals surface area contributed by atoms with Crippen LogP contribution in [0.2, 0.25) is 0 Å². The van der Waals surface area contributed by atoms with Crippen LogP contribution in [0.25, 0.3) is 0 Å².